The number of carbonyl (C=O) groups excluding carboxylic acids is 1. The zero-order chi connectivity index (χ0) is 19.6. The van der Waals surface area contributed by atoms with E-state index in [2.05, 4.69) is 33.6 Å². The van der Waals surface area contributed by atoms with E-state index in [4.69, 9.17) is 28.9 Å². The lowest BCUT2D eigenvalue weighted by Crippen LogP contribution is -2.45. The minimum Gasteiger partial charge on any atom is -0.394 e. The Hall–Kier alpha value is -1.71. The van der Waals surface area contributed by atoms with Crippen LogP contribution in [0.3, 0.4) is 0 Å². The molecule has 0 heterocycles. The Morgan fingerprint density at radius 1 is 1.26 bits per heavy atom. The number of carbonyl (C=O) groups is 1. The summed E-state index contributed by atoms with van der Waals surface area (Å²) in [4.78, 5) is 13.1. The molecule has 2 aromatic rings. The fourth-order valence-electron chi connectivity index (χ4n) is 3.14. The van der Waals surface area contributed by atoms with Gasteiger partial charge in [0.15, 0.2) is 0 Å². The molecular weight excluding hydrogens is 447 g/mol. The molecule has 0 spiro atoms. The summed E-state index contributed by atoms with van der Waals surface area (Å²) in [6.07, 6.45) is 2.03. The van der Waals surface area contributed by atoms with Gasteiger partial charge in [-0.25, -0.2) is 0 Å². The Bertz CT molecular complexity index is 916. The van der Waals surface area contributed by atoms with Crippen LogP contribution in [0.2, 0.25) is 10.0 Å². The van der Waals surface area contributed by atoms with Crippen molar-refractivity contribution >= 4 is 45.0 Å². The molecular formula is C21H19BrCl2N2O. The fraction of sp³-hybridized carbons (Fsp3) is 0.238. The normalized spacial score (nSPS) is 15.5. The molecule has 0 aliphatic heterocycles. The highest BCUT2D eigenvalue weighted by atomic mass is 79.9. The Morgan fingerprint density at radius 3 is 2.48 bits per heavy atom. The molecule has 3 rings (SSSR count). The van der Waals surface area contributed by atoms with Crippen molar-refractivity contribution in [2.24, 2.45) is 5.73 Å². The number of benzene rings is 2. The molecule has 1 amide bonds. The summed E-state index contributed by atoms with van der Waals surface area (Å²) in [5, 5.41) is 4.12. The molecule has 1 atom stereocenters. The zero-order valence-electron chi connectivity index (χ0n) is 14.6. The van der Waals surface area contributed by atoms with Gasteiger partial charge < -0.3 is 11.1 Å². The molecule has 0 aromatic heterocycles. The van der Waals surface area contributed by atoms with Crippen LogP contribution in [0.25, 0.3) is 0 Å². The van der Waals surface area contributed by atoms with Gasteiger partial charge in [0.2, 0.25) is 5.91 Å². The third-order valence-electron chi connectivity index (χ3n) is 4.87. The van der Waals surface area contributed by atoms with Gasteiger partial charge in [0, 0.05) is 14.5 Å². The summed E-state index contributed by atoms with van der Waals surface area (Å²) in [7, 11) is 0. The SMILES string of the molecule is C=C=C(N)[C@H](Cc1ccc(Br)cc1)NC(=O)C1(c2ccc(Cl)cc2Cl)CC1. The van der Waals surface area contributed by atoms with Crippen molar-refractivity contribution in [3.8, 4) is 0 Å². The van der Waals surface area contributed by atoms with Crippen LogP contribution in [0.4, 0.5) is 0 Å². The molecule has 1 aliphatic carbocycles. The maximum atomic E-state index is 13.1. The lowest BCUT2D eigenvalue weighted by atomic mass is 9.93. The van der Waals surface area contributed by atoms with Crippen LogP contribution in [0.1, 0.15) is 24.0 Å². The highest BCUT2D eigenvalue weighted by molar-refractivity contribution is 9.10. The Kier molecular flexibility index (Phi) is 6.02. The predicted molar refractivity (Wildman–Crippen MR) is 114 cm³/mol. The minimum atomic E-state index is -0.624. The summed E-state index contributed by atoms with van der Waals surface area (Å²) in [5.41, 5.74) is 10.4. The second-order valence-corrected chi connectivity index (χ2v) is 8.45. The molecule has 1 aliphatic rings. The summed E-state index contributed by atoms with van der Waals surface area (Å²) >= 11 is 15.8. The van der Waals surface area contributed by atoms with E-state index < -0.39 is 5.41 Å². The van der Waals surface area contributed by atoms with E-state index in [1.54, 1.807) is 12.1 Å². The first-order chi connectivity index (χ1) is 12.9. The number of amides is 1. The molecule has 3 nitrogen and oxygen atoms in total. The van der Waals surface area contributed by atoms with Crippen LogP contribution in [0.5, 0.6) is 0 Å². The molecule has 0 saturated heterocycles. The Morgan fingerprint density at radius 2 is 1.93 bits per heavy atom. The molecule has 6 heteroatoms. The van der Waals surface area contributed by atoms with Crippen LogP contribution < -0.4 is 11.1 Å². The first-order valence-electron chi connectivity index (χ1n) is 8.52. The minimum absolute atomic E-state index is 0.0907. The number of rotatable bonds is 6. The smallest absolute Gasteiger partial charge is 0.231 e. The van der Waals surface area contributed by atoms with Gasteiger partial charge in [-0.05, 0) is 54.7 Å². The molecule has 140 valence electrons. The monoisotopic (exact) mass is 464 g/mol. The van der Waals surface area contributed by atoms with Crippen molar-refractivity contribution in [2.45, 2.75) is 30.7 Å². The quantitative estimate of drug-likeness (QED) is 0.580. The third kappa shape index (κ3) is 4.41. The number of hydrogen-bond donors (Lipinski definition) is 2. The summed E-state index contributed by atoms with van der Waals surface area (Å²) in [5.74, 6) is -0.0907. The van der Waals surface area contributed by atoms with Crippen LogP contribution in [-0.4, -0.2) is 11.9 Å². The van der Waals surface area contributed by atoms with Gasteiger partial charge in [-0.1, -0.05) is 63.9 Å². The highest BCUT2D eigenvalue weighted by Gasteiger charge is 2.52. The lowest BCUT2D eigenvalue weighted by molar-refractivity contribution is -0.124. The average Bonchev–Trinajstić information content (AvgIpc) is 3.44. The number of nitrogens with one attached hydrogen (secondary N) is 1. The molecule has 1 fully saturated rings. The van der Waals surface area contributed by atoms with Gasteiger partial charge >= 0.3 is 0 Å². The van der Waals surface area contributed by atoms with E-state index in [1.807, 2.05) is 30.3 Å². The second-order valence-electron chi connectivity index (χ2n) is 6.70. The largest absolute Gasteiger partial charge is 0.394 e. The van der Waals surface area contributed by atoms with E-state index in [1.165, 1.54) is 0 Å². The van der Waals surface area contributed by atoms with Crippen molar-refractivity contribution in [1.82, 2.24) is 5.32 Å². The van der Waals surface area contributed by atoms with Crippen molar-refractivity contribution < 1.29 is 4.79 Å². The lowest BCUT2D eigenvalue weighted by Gasteiger charge is -2.23. The molecule has 2 aromatic carbocycles. The molecule has 0 radical (unpaired) electrons. The molecule has 1 saturated carbocycles. The topological polar surface area (TPSA) is 55.1 Å². The molecule has 27 heavy (non-hydrogen) atoms. The number of halogens is 3. The summed E-state index contributed by atoms with van der Waals surface area (Å²) in [6, 6.07) is 12.8. The van der Waals surface area contributed by atoms with Gasteiger partial charge in [-0.3, -0.25) is 4.79 Å². The highest BCUT2D eigenvalue weighted by Crippen LogP contribution is 2.51. The van der Waals surface area contributed by atoms with Crippen molar-refractivity contribution in [2.75, 3.05) is 0 Å². The first kappa shape index (κ1) is 20.0. The van der Waals surface area contributed by atoms with Crippen LogP contribution in [0.15, 0.2) is 64.9 Å². The summed E-state index contributed by atoms with van der Waals surface area (Å²) < 4.78 is 0.994. The third-order valence-corrected chi connectivity index (χ3v) is 5.95. The Labute approximate surface area is 177 Å². The van der Waals surface area contributed by atoms with Gasteiger partial charge in [-0.15, -0.1) is 5.73 Å². The first-order valence-corrected chi connectivity index (χ1v) is 10.1. The van der Waals surface area contributed by atoms with E-state index in [0.29, 0.717) is 22.2 Å². The van der Waals surface area contributed by atoms with Gasteiger partial charge in [0.1, 0.15) is 0 Å². The van der Waals surface area contributed by atoms with Crippen molar-refractivity contribution in [3.63, 3.8) is 0 Å². The van der Waals surface area contributed by atoms with Gasteiger partial charge in [-0.2, -0.15) is 0 Å². The summed E-state index contributed by atoms with van der Waals surface area (Å²) in [6.45, 7) is 3.62. The zero-order valence-corrected chi connectivity index (χ0v) is 17.7. The maximum absolute atomic E-state index is 13.1. The van der Waals surface area contributed by atoms with E-state index in [-0.39, 0.29) is 11.9 Å². The number of nitrogens with two attached hydrogens (primary N) is 1. The van der Waals surface area contributed by atoms with Crippen LogP contribution in [0, 0.1) is 0 Å². The van der Waals surface area contributed by atoms with E-state index >= 15 is 0 Å². The van der Waals surface area contributed by atoms with E-state index in [9.17, 15) is 4.79 Å². The fourth-order valence-corrected chi connectivity index (χ4v) is 3.99. The molecule has 0 bridgehead atoms. The standard InChI is InChI=1S/C21H19BrCl2N2O/c1-2-18(25)19(11-13-3-5-14(22)6-4-13)26-20(27)21(9-10-21)16-8-7-15(23)12-17(16)24/h3-8,12,19H,1,9-11,25H2,(H,26,27)/t19-/m0/s1. The molecule has 3 N–H and O–H groups in total. The van der Waals surface area contributed by atoms with Gasteiger partial charge in [0.25, 0.3) is 0 Å². The van der Waals surface area contributed by atoms with Crippen molar-refractivity contribution in [3.05, 3.63) is 86.1 Å². The maximum Gasteiger partial charge on any atom is 0.231 e. The second kappa shape index (κ2) is 8.12. The van der Waals surface area contributed by atoms with Gasteiger partial charge in [0.05, 0.1) is 17.2 Å². The van der Waals surface area contributed by atoms with E-state index in [0.717, 1.165) is 28.4 Å². The predicted octanol–water partition coefficient (Wildman–Crippen LogP) is 5.14. The molecule has 0 unspecified atom stereocenters. The van der Waals surface area contributed by atoms with Crippen LogP contribution >= 0.6 is 39.1 Å². The van der Waals surface area contributed by atoms with Crippen LogP contribution in [-0.2, 0) is 16.6 Å². The number of hydrogen-bond acceptors (Lipinski definition) is 2. The average molecular weight is 466 g/mol. The Balaban J connectivity index is 1.82. The van der Waals surface area contributed by atoms with Crippen molar-refractivity contribution in [1.29, 1.82) is 0 Å².